The van der Waals surface area contributed by atoms with Gasteiger partial charge >= 0.3 is 25.8 Å². The molecule has 5 heteroatoms. The van der Waals surface area contributed by atoms with Crippen LogP contribution in [-0.4, -0.2) is 30.5 Å². The molecule has 0 aromatic carbocycles. The monoisotopic (exact) mass is 202 g/mol. The van der Waals surface area contributed by atoms with Gasteiger partial charge in [0.25, 0.3) is 10.8 Å². The van der Waals surface area contributed by atoms with E-state index in [1.807, 2.05) is 0 Å². The molecule has 0 amide bonds. The molecular weight excluding hydrogens is 198 g/mol. The topological polar surface area (TPSA) is 66.3 Å². The summed E-state index contributed by atoms with van der Waals surface area (Å²) >= 11 is 0. The zero-order chi connectivity index (χ0) is 3.58. The largest absolute Gasteiger partial charge is 0.321 e. The van der Waals surface area contributed by atoms with E-state index in [1.165, 1.54) is 0 Å². The molecule has 0 fully saturated rings. The maximum atomic E-state index is 8.52. The van der Waals surface area contributed by atoms with Crippen molar-refractivity contribution in [3.05, 3.63) is 0 Å². The smallest absolute Gasteiger partial charge is 0.282 e. The minimum absolute atomic E-state index is 0. The average Bonchev–Trinajstić information content (AvgIpc) is 0.811. The summed E-state index contributed by atoms with van der Waals surface area (Å²) in [5, 5.41) is 0. The van der Waals surface area contributed by atoms with Crippen LogP contribution in [0.3, 0.4) is 0 Å². The van der Waals surface area contributed by atoms with E-state index in [9.17, 15) is 0 Å². The van der Waals surface area contributed by atoms with Crippen LogP contribution >= 0.6 is 0 Å². The van der Waals surface area contributed by atoms with Gasteiger partial charge in [-0.15, -0.1) is 0 Å². The minimum Gasteiger partial charge on any atom is -0.321 e. The van der Waals surface area contributed by atoms with Crippen molar-refractivity contribution >= 4 is 25.8 Å². The maximum Gasteiger partial charge on any atom is 0.282 e. The van der Waals surface area contributed by atoms with Crippen LogP contribution in [0.1, 0.15) is 0 Å². The van der Waals surface area contributed by atoms with E-state index >= 15 is 0 Å². The van der Waals surface area contributed by atoms with Gasteiger partial charge in [-0.3, -0.25) is 0 Å². The van der Waals surface area contributed by atoms with Crippen molar-refractivity contribution < 1.29 is 24.8 Å². The van der Waals surface area contributed by atoms with Crippen LogP contribution < -0.4 is 9.32 Å². The molecule has 0 aromatic rings. The van der Waals surface area contributed by atoms with Gasteiger partial charge in [-0.25, -0.2) is 0 Å². The Hall–Kier alpha value is 1.04. The van der Waals surface area contributed by atoms with Gasteiger partial charge in [0.05, 0.1) is 0 Å². The first kappa shape index (κ1) is 9.40. The van der Waals surface area contributed by atoms with Crippen LogP contribution in [-0.2, 0) is 0 Å². The van der Waals surface area contributed by atoms with Gasteiger partial charge in [0.2, 0.25) is 0 Å². The molecule has 3 nitrogen and oxygen atoms in total. The summed E-state index contributed by atoms with van der Waals surface area (Å²) in [7, 11) is -2.60. The van der Waals surface area contributed by atoms with Crippen molar-refractivity contribution in [3.63, 3.8) is 0 Å². The normalized spacial score (nSPS) is 7.20. The third-order valence-corrected chi connectivity index (χ3v) is 0. The Morgan fingerprint density at radius 1 is 1.40 bits per heavy atom. The van der Waals surface area contributed by atoms with E-state index in [1.54, 1.807) is 0 Å². The van der Waals surface area contributed by atoms with Crippen molar-refractivity contribution in [1.29, 1.82) is 0 Å². The predicted molar refractivity (Wildman–Crippen MR) is 12.2 cm³/mol. The van der Waals surface area contributed by atoms with Gasteiger partial charge in [-0.2, -0.15) is 0 Å². The quantitative estimate of drug-likeness (QED) is 0.434. The fourth-order valence-electron chi connectivity index (χ4n) is 0. The number of hydrogen-bond acceptors (Lipinski definition) is 3. The Morgan fingerprint density at radius 3 is 1.40 bits per heavy atom. The Kier molecular flexibility index (Phi) is 9.48. The standard InChI is InChI=1S/ClHO3.In.3H/c2-1(3)4;;;;/h2H;;;;. The molecule has 0 rings (SSSR count). The molecule has 0 unspecified atom stereocenters. The second-order valence-electron chi connectivity index (χ2n) is 0.201. The van der Waals surface area contributed by atoms with E-state index in [4.69, 9.17) is 14.0 Å². The van der Waals surface area contributed by atoms with Gasteiger partial charge in [-0.1, -0.05) is 0 Å². The van der Waals surface area contributed by atoms with Crippen molar-refractivity contribution in [2.24, 2.45) is 0 Å². The molecule has 0 heterocycles. The fraction of sp³-hybridized carbons (Fsp3) is 0. The molecular formula is H4ClInO3. The molecule has 0 aliphatic carbocycles. The molecule has 0 saturated heterocycles. The maximum absolute atomic E-state index is 8.52. The van der Waals surface area contributed by atoms with Gasteiger partial charge in [0, 0.05) is 4.66 Å². The Labute approximate surface area is 50.8 Å². The third-order valence-electron chi connectivity index (χ3n) is 0. The minimum atomic E-state index is -2.60. The fourth-order valence-corrected chi connectivity index (χ4v) is 0. The summed E-state index contributed by atoms with van der Waals surface area (Å²) in [6.45, 7) is 0. The van der Waals surface area contributed by atoms with E-state index in [-0.39, 0.29) is 25.8 Å². The second kappa shape index (κ2) is 5.04. The molecule has 0 bridgehead atoms. The van der Waals surface area contributed by atoms with Crippen LogP contribution in [0.2, 0.25) is 0 Å². The summed E-state index contributed by atoms with van der Waals surface area (Å²) in [6, 6.07) is 0. The van der Waals surface area contributed by atoms with Gasteiger partial charge < -0.3 is 9.32 Å². The number of rotatable bonds is 0. The zero-order valence-electron chi connectivity index (χ0n) is 1.64. The molecule has 5 heavy (non-hydrogen) atoms. The van der Waals surface area contributed by atoms with E-state index < -0.39 is 10.8 Å². The summed E-state index contributed by atoms with van der Waals surface area (Å²) in [5.74, 6) is 0. The van der Waals surface area contributed by atoms with Crippen LogP contribution in [0, 0.1) is 10.8 Å². The molecule has 1 N–H and O–H groups in total. The van der Waals surface area contributed by atoms with Gasteiger partial charge in [-0.05, 0) is 0 Å². The van der Waals surface area contributed by atoms with Crippen molar-refractivity contribution in [2.75, 3.05) is 0 Å². The predicted octanol–water partition coefficient (Wildman–Crippen LogP) is -4.12. The molecule has 0 aromatic heterocycles. The molecule has 0 saturated carbocycles. The Morgan fingerprint density at radius 2 is 1.40 bits per heavy atom. The molecule has 0 aliphatic rings. The third kappa shape index (κ3) is 43.1. The summed E-state index contributed by atoms with van der Waals surface area (Å²) < 4.78 is 24.0. The zero-order valence-corrected chi connectivity index (χ0v) is 2.40. The number of hydrogen-bond donors (Lipinski definition) is 1. The molecule has 0 atom stereocenters. The van der Waals surface area contributed by atoms with Gasteiger partial charge in [0.1, 0.15) is 0 Å². The summed E-state index contributed by atoms with van der Waals surface area (Å²) in [6.07, 6.45) is 0. The SMILES string of the molecule is [InH3].[O-][Cl+2]([O-])O. The Bertz CT molecular complexity index is 11.6. The van der Waals surface area contributed by atoms with Crippen LogP contribution in [0.4, 0.5) is 0 Å². The summed E-state index contributed by atoms with van der Waals surface area (Å²) in [5.41, 5.74) is 0. The van der Waals surface area contributed by atoms with Gasteiger partial charge in [0.15, 0.2) is 0 Å². The first-order valence-electron chi connectivity index (χ1n) is 0.478. The van der Waals surface area contributed by atoms with Crippen molar-refractivity contribution in [2.45, 2.75) is 0 Å². The first-order chi connectivity index (χ1) is 1.73. The van der Waals surface area contributed by atoms with Crippen LogP contribution in [0.15, 0.2) is 0 Å². The molecule has 32 valence electrons. The van der Waals surface area contributed by atoms with E-state index in [0.717, 1.165) is 0 Å². The van der Waals surface area contributed by atoms with Crippen molar-refractivity contribution in [1.82, 2.24) is 0 Å². The molecule has 0 spiro atoms. The van der Waals surface area contributed by atoms with Crippen molar-refractivity contribution in [3.8, 4) is 0 Å². The average molecular weight is 202 g/mol. The van der Waals surface area contributed by atoms with Crippen LogP contribution in [0.5, 0.6) is 0 Å². The summed E-state index contributed by atoms with van der Waals surface area (Å²) in [4.78, 5) is 0. The Balaban J connectivity index is 0. The molecule has 0 radical (unpaired) electrons. The molecule has 0 aliphatic heterocycles. The van der Waals surface area contributed by atoms with E-state index in [0.29, 0.717) is 0 Å². The van der Waals surface area contributed by atoms with Crippen LogP contribution in [0.25, 0.3) is 0 Å². The van der Waals surface area contributed by atoms with E-state index in [2.05, 4.69) is 0 Å². The first-order valence-corrected chi connectivity index (χ1v) is 1.43. The number of halogens is 1. The second-order valence-corrected chi connectivity index (χ2v) is 0.603.